The molecule has 0 atom stereocenters. The molecule has 0 aromatic heterocycles. The molecule has 0 saturated carbocycles. The molecular weight excluding hydrogens is 615 g/mol. The first-order valence-electron chi connectivity index (χ1n) is 10.7. The maximum absolute atomic E-state index is 12.9. The smallest absolute Gasteiger partial charge is 0.294 e. The fourth-order valence-electron chi connectivity index (χ4n) is 3.39. The van der Waals surface area contributed by atoms with Crippen molar-refractivity contribution in [2.75, 3.05) is 19.0 Å². The summed E-state index contributed by atoms with van der Waals surface area (Å²) in [7, 11) is 1.54. The molecule has 1 aliphatic heterocycles. The van der Waals surface area contributed by atoms with Crippen LogP contribution in [0.2, 0.25) is 5.02 Å². The number of methoxy groups -OCH3 is 1. The molecule has 0 spiro atoms. The van der Waals surface area contributed by atoms with Crippen molar-refractivity contribution in [3.63, 3.8) is 0 Å². The number of hydrogen-bond acceptors (Lipinski definition) is 6. The second-order valence-electron chi connectivity index (χ2n) is 7.63. The van der Waals surface area contributed by atoms with Crippen molar-refractivity contribution in [2.24, 2.45) is 0 Å². The van der Waals surface area contributed by atoms with E-state index in [1.54, 1.807) is 36.4 Å². The Morgan fingerprint density at radius 1 is 1.11 bits per heavy atom. The van der Waals surface area contributed by atoms with Gasteiger partial charge in [0.2, 0.25) is 5.91 Å². The number of hydrogen-bond donors (Lipinski definition) is 1. The van der Waals surface area contributed by atoms with Crippen LogP contribution in [0.15, 0.2) is 71.6 Å². The van der Waals surface area contributed by atoms with Gasteiger partial charge < -0.3 is 14.8 Å². The van der Waals surface area contributed by atoms with Gasteiger partial charge in [0, 0.05) is 10.7 Å². The monoisotopic (exact) mass is 634 g/mol. The average Bonchev–Trinajstić information content (AvgIpc) is 3.11. The molecule has 184 valence electrons. The predicted octanol–water partition coefficient (Wildman–Crippen LogP) is 6.21. The molecular formula is C26H20ClIN2O5S. The Morgan fingerprint density at radius 3 is 2.61 bits per heavy atom. The largest absolute Gasteiger partial charge is 0.493 e. The number of nitrogens with zero attached hydrogens (tertiary/aromatic N) is 1. The number of rotatable bonds is 8. The molecule has 1 aliphatic rings. The fraction of sp³-hybridized carbons (Fsp3) is 0.115. The standard InChI is InChI=1S/C26H20ClIN2O5S/c1-34-21-11-17(10-20(28)24(21)35-15-16-6-3-2-4-7-16)12-22-25(32)30(26(33)36-22)14-23(31)29-19-9-5-8-18(27)13-19/h2-13H,14-15H2,1H3,(H,29,31)/b22-12+. The van der Waals surface area contributed by atoms with Gasteiger partial charge in [0.1, 0.15) is 13.2 Å². The van der Waals surface area contributed by atoms with E-state index in [2.05, 4.69) is 27.9 Å². The summed E-state index contributed by atoms with van der Waals surface area (Å²) in [6.07, 6.45) is 1.60. The Hall–Kier alpha value is -3.02. The minimum atomic E-state index is -0.537. The molecule has 1 saturated heterocycles. The summed E-state index contributed by atoms with van der Waals surface area (Å²) in [6, 6.07) is 20.0. The van der Waals surface area contributed by atoms with Crippen LogP contribution in [0.4, 0.5) is 10.5 Å². The lowest BCUT2D eigenvalue weighted by Crippen LogP contribution is -2.36. The van der Waals surface area contributed by atoms with Crippen LogP contribution in [0, 0.1) is 3.57 Å². The quantitative estimate of drug-likeness (QED) is 0.235. The highest BCUT2D eigenvalue weighted by atomic mass is 127. The van der Waals surface area contributed by atoms with Crippen molar-refractivity contribution >= 4 is 74.8 Å². The minimum Gasteiger partial charge on any atom is -0.493 e. The van der Waals surface area contributed by atoms with Gasteiger partial charge in [-0.15, -0.1) is 0 Å². The molecule has 3 aromatic carbocycles. The fourth-order valence-corrected chi connectivity index (χ4v) is 5.20. The van der Waals surface area contributed by atoms with E-state index in [1.165, 1.54) is 7.11 Å². The molecule has 1 fully saturated rings. The van der Waals surface area contributed by atoms with Crippen molar-refractivity contribution < 1.29 is 23.9 Å². The predicted molar refractivity (Wildman–Crippen MR) is 149 cm³/mol. The third-order valence-corrected chi connectivity index (χ3v) is 7.00. The number of amides is 3. The van der Waals surface area contributed by atoms with Gasteiger partial charge in [0.05, 0.1) is 15.6 Å². The van der Waals surface area contributed by atoms with Crippen molar-refractivity contribution in [2.45, 2.75) is 6.61 Å². The van der Waals surface area contributed by atoms with Crippen molar-refractivity contribution in [3.8, 4) is 11.5 Å². The molecule has 0 bridgehead atoms. The lowest BCUT2D eigenvalue weighted by atomic mass is 10.1. The minimum absolute atomic E-state index is 0.214. The molecule has 0 aliphatic carbocycles. The Balaban J connectivity index is 1.47. The lowest BCUT2D eigenvalue weighted by molar-refractivity contribution is -0.127. The van der Waals surface area contributed by atoms with Gasteiger partial charge in [-0.05, 0) is 81.9 Å². The molecule has 0 unspecified atom stereocenters. The van der Waals surface area contributed by atoms with Gasteiger partial charge in [0.25, 0.3) is 11.1 Å². The summed E-state index contributed by atoms with van der Waals surface area (Å²) < 4.78 is 12.3. The maximum atomic E-state index is 12.9. The second kappa shape index (κ2) is 11.8. The van der Waals surface area contributed by atoms with E-state index in [1.807, 2.05) is 36.4 Å². The summed E-state index contributed by atoms with van der Waals surface area (Å²) in [4.78, 5) is 38.9. The molecule has 3 amide bonds. The van der Waals surface area contributed by atoms with E-state index in [9.17, 15) is 14.4 Å². The Labute approximate surface area is 230 Å². The third kappa shape index (κ3) is 6.40. The number of thioether (sulfide) groups is 1. The van der Waals surface area contributed by atoms with E-state index >= 15 is 0 Å². The summed E-state index contributed by atoms with van der Waals surface area (Å²) in [5, 5.41) is 2.58. The number of imide groups is 1. The van der Waals surface area contributed by atoms with Crippen LogP contribution in [-0.4, -0.2) is 35.6 Å². The van der Waals surface area contributed by atoms with Crippen LogP contribution in [0.3, 0.4) is 0 Å². The summed E-state index contributed by atoms with van der Waals surface area (Å²) >= 11 is 8.85. The van der Waals surface area contributed by atoms with Crippen LogP contribution in [-0.2, 0) is 16.2 Å². The van der Waals surface area contributed by atoms with Crippen LogP contribution >= 0.6 is 46.0 Å². The molecule has 7 nitrogen and oxygen atoms in total. The van der Waals surface area contributed by atoms with Crippen molar-refractivity contribution in [1.29, 1.82) is 0 Å². The Morgan fingerprint density at radius 2 is 1.89 bits per heavy atom. The van der Waals surface area contributed by atoms with Crippen molar-refractivity contribution in [1.82, 2.24) is 4.90 Å². The number of carbonyl (C=O) groups is 3. The molecule has 3 aromatic rings. The zero-order valence-corrected chi connectivity index (χ0v) is 22.7. The van der Waals surface area contributed by atoms with Crippen molar-refractivity contribution in [3.05, 3.63) is 91.4 Å². The van der Waals surface area contributed by atoms with Crippen LogP contribution < -0.4 is 14.8 Å². The van der Waals surface area contributed by atoms with E-state index in [0.29, 0.717) is 34.4 Å². The molecule has 4 rings (SSSR count). The first-order chi connectivity index (χ1) is 17.3. The van der Waals surface area contributed by atoms with E-state index in [4.69, 9.17) is 21.1 Å². The molecule has 1 heterocycles. The number of benzene rings is 3. The first kappa shape index (κ1) is 26.1. The molecule has 36 heavy (non-hydrogen) atoms. The Kier molecular flexibility index (Phi) is 8.55. The number of carbonyl (C=O) groups excluding carboxylic acids is 3. The van der Waals surface area contributed by atoms with Gasteiger partial charge in [-0.3, -0.25) is 19.3 Å². The van der Waals surface area contributed by atoms with Gasteiger partial charge in [-0.25, -0.2) is 0 Å². The summed E-state index contributed by atoms with van der Waals surface area (Å²) in [6.45, 7) is -0.0235. The topological polar surface area (TPSA) is 84.9 Å². The molecule has 1 N–H and O–H groups in total. The van der Waals surface area contributed by atoms with E-state index in [0.717, 1.165) is 25.8 Å². The second-order valence-corrected chi connectivity index (χ2v) is 10.2. The highest BCUT2D eigenvalue weighted by Gasteiger charge is 2.36. The van der Waals surface area contributed by atoms with Gasteiger partial charge in [0.15, 0.2) is 11.5 Å². The molecule has 0 radical (unpaired) electrons. The lowest BCUT2D eigenvalue weighted by Gasteiger charge is -2.14. The molecule has 10 heteroatoms. The van der Waals surface area contributed by atoms with E-state index in [-0.39, 0.29) is 4.91 Å². The number of anilines is 1. The van der Waals surface area contributed by atoms with Gasteiger partial charge in [-0.1, -0.05) is 48.0 Å². The third-order valence-electron chi connectivity index (χ3n) is 5.06. The number of nitrogens with one attached hydrogen (secondary N) is 1. The first-order valence-corrected chi connectivity index (χ1v) is 13.0. The van der Waals surface area contributed by atoms with Crippen LogP contribution in [0.1, 0.15) is 11.1 Å². The SMILES string of the molecule is COc1cc(/C=C2/SC(=O)N(CC(=O)Nc3cccc(Cl)c3)C2=O)cc(I)c1OCc1ccccc1. The highest BCUT2D eigenvalue weighted by molar-refractivity contribution is 14.1. The average molecular weight is 635 g/mol. The zero-order valence-electron chi connectivity index (χ0n) is 19.0. The van der Waals surface area contributed by atoms with Gasteiger partial charge in [-0.2, -0.15) is 0 Å². The normalized spacial score (nSPS) is 14.3. The number of ether oxygens (including phenoxy) is 2. The number of halogens is 2. The highest BCUT2D eigenvalue weighted by Crippen LogP contribution is 2.37. The van der Waals surface area contributed by atoms with Crippen LogP contribution in [0.25, 0.3) is 6.08 Å². The van der Waals surface area contributed by atoms with Gasteiger partial charge >= 0.3 is 0 Å². The Bertz CT molecular complexity index is 1350. The van der Waals surface area contributed by atoms with Crippen LogP contribution in [0.5, 0.6) is 11.5 Å². The summed E-state index contributed by atoms with van der Waals surface area (Å²) in [5.41, 5.74) is 2.16. The maximum Gasteiger partial charge on any atom is 0.294 e. The van der Waals surface area contributed by atoms with E-state index < -0.39 is 23.6 Å². The zero-order chi connectivity index (χ0) is 25.7. The summed E-state index contributed by atoms with van der Waals surface area (Å²) in [5.74, 6) is 0.0516.